The summed E-state index contributed by atoms with van der Waals surface area (Å²) in [5.41, 5.74) is 1.16. The number of amides is 1. The van der Waals surface area contributed by atoms with Gasteiger partial charge in [0.15, 0.2) is 11.6 Å². The number of rotatable bonds is 4. The lowest BCUT2D eigenvalue weighted by atomic mass is 10.1. The number of nitrogens with one attached hydrogen (secondary N) is 1. The SMILES string of the molecule is COc1ccc([C@H](C)NC(=O)c2cc(C)oc2C)cc1F. The van der Waals surface area contributed by atoms with Gasteiger partial charge in [-0.05, 0) is 44.5 Å². The van der Waals surface area contributed by atoms with Gasteiger partial charge in [0.25, 0.3) is 5.91 Å². The molecule has 1 N–H and O–H groups in total. The van der Waals surface area contributed by atoms with Crippen LogP contribution in [0.4, 0.5) is 4.39 Å². The third kappa shape index (κ3) is 3.24. The predicted molar refractivity (Wildman–Crippen MR) is 77.0 cm³/mol. The Hall–Kier alpha value is -2.30. The van der Waals surface area contributed by atoms with Crippen molar-refractivity contribution in [2.24, 2.45) is 0 Å². The fourth-order valence-corrected chi connectivity index (χ4v) is 2.17. The molecule has 0 unspecified atom stereocenters. The molecular formula is C16H18FNO3. The number of methoxy groups -OCH3 is 1. The van der Waals surface area contributed by atoms with E-state index in [1.54, 1.807) is 39.0 Å². The molecule has 0 radical (unpaired) electrons. The van der Waals surface area contributed by atoms with Crippen LogP contribution in [0, 0.1) is 19.7 Å². The highest BCUT2D eigenvalue weighted by Gasteiger charge is 2.17. The number of hydrogen-bond donors (Lipinski definition) is 1. The van der Waals surface area contributed by atoms with E-state index in [0.29, 0.717) is 22.6 Å². The minimum atomic E-state index is -0.452. The quantitative estimate of drug-likeness (QED) is 0.937. The zero-order chi connectivity index (χ0) is 15.6. The molecule has 0 saturated carbocycles. The Morgan fingerprint density at radius 2 is 2.05 bits per heavy atom. The van der Waals surface area contributed by atoms with Crippen molar-refractivity contribution in [1.82, 2.24) is 5.32 Å². The molecule has 1 heterocycles. The normalized spacial score (nSPS) is 12.0. The Morgan fingerprint density at radius 3 is 2.57 bits per heavy atom. The van der Waals surface area contributed by atoms with Crippen LogP contribution in [-0.4, -0.2) is 13.0 Å². The second-order valence-corrected chi connectivity index (χ2v) is 4.92. The number of carbonyl (C=O) groups is 1. The van der Waals surface area contributed by atoms with Gasteiger partial charge in [0.05, 0.1) is 18.7 Å². The summed E-state index contributed by atoms with van der Waals surface area (Å²) in [4.78, 5) is 12.2. The van der Waals surface area contributed by atoms with Gasteiger partial charge >= 0.3 is 0 Å². The van der Waals surface area contributed by atoms with Crippen LogP contribution in [0.15, 0.2) is 28.7 Å². The molecule has 21 heavy (non-hydrogen) atoms. The molecule has 112 valence electrons. The smallest absolute Gasteiger partial charge is 0.255 e. The maximum Gasteiger partial charge on any atom is 0.255 e. The molecule has 0 saturated heterocycles. The van der Waals surface area contributed by atoms with Crippen LogP contribution < -0.4 is 10.1 Å². The summed E-state index contributed by atoms with van der Waals surface area (Å²) in [6.07, 6.45) is 0. The van der Waals surface area contributed by atoms with Gasteiger partial charge in [0, 0.05) is 0 Å². The third-order valence-corrected chi connectivity index (χ3v) is 3.31. The Labute approximate surface area is 122 Å². The molecule has 0 aliphatic heterocycles. The van der Waals surface area contributed by atoms with E-state index in [4.69, 9.17) is 9.15 Å². The first-order valence-corrected chi connectivity index (χ1v) is 6.63. The van der Waals surface area contributed by atoms with Gasteiger partial charge in [-0.15, -0.1) is 0 Å². The summed E-state index contributed by atoms with van der Waals surface area (Å²) in [6, 6.07) is 5.98. The van der Waals surface area contributed by atoms with E-state index in [1.807, 2.05) is 0 Å². The molecule has 0 spiro atoms. The minimum Gasteiger partial charge on any atom is -0.494 e. The molecule has 4 nitrogen and oxygen atoms in total. The highest BCUT2D eigenvalue weighted by atomic mass is 19.1. The van der Waals surface area contributed by atoms with Crippen molar-refractivity contribution < 1.29 is 18.3 Å². The Morgan fingerprint density at radius 1 is 1.33 bits per heavy atom. The van der Waals surface area contributed by atoms with Gasteiger partial charge in [0.1, 0.15) is 11.5 Å². The van der Waals surface area contributed by atoms with Crippen molar-refractivity contribution in [1.29, 1.82) is 0 Å². The Balaban J connectivity index is 2.14. The zero-order valence-corrected chi connectivity index (χ0v) is 12.5. The molecule has 0 aliphatic carbocycles. The van der Waals surface area contributed by atoms with Crippen LogP contribution in [0.3, 0.4) is 0 Å². The summed E-state index contributed by atoms with van der Waals surface area (Å²) >= 11 is 0. The van der Waals surface area contributed by atoms with Gasteiger partial charge in [-0.1, -0.05) is 6.07 Å². The molecule has 0 bridgehead atoms. The van der Waals surface area contributed by atoms with Crippen LogP contribution in [0.1, 0.15) is 40.4 Å². The van der Waals surface area contributed by atoms with Crippen molar-refractivity contribution >= 4 is 5.91 Å². The Bertz CT molecular complexity index is 664. The largest absolute Gasteiger partial charge is 0.494 e. The zero-order valence-electron chi connectivity index (χ0n) is 12.5. The predicted octanol–water partition coefficient (Wildman–Crippen LogP) is 3.54. The highest BCUT2D eigenvalue weighted by Crippen LogP contribution is 2.22. The topological polar surface area (TPSA) is 51.5 Å². The molecule has 1 aromatic carbocycles. The third-order valence-electron chi connectivity index (χ3n) is 3.31. The summed E-state index contributed by atoms with van der Waals surface area (Å²) in [6.45, 7) is 5.31. The molecular weight excluding hydrogens is 273 g/mol. The number of carbonyl (C=O) groups excluding carboxylic acids is 1. The standard InChI is InChI=1S/C16H18FNO3/c1-9-7-13(11(3)21-9)16(19)18-10(2)12-5-6-15(20-4)14(17)8-12/h5-8,10H,1-4H3,(H,18,19)/t10-/m0/s1. The van der Waals surface area contributed by atoms with E-state index < -0.39 is 5.82 Å². The van der Waals surface area contributed by atoms with E-state index in [1.165, 1.54) is 13.2 Å². The number of furan rings is 1. The van der Waals surface area contributed by atoms with Gasteiger partial charge in [0.2, 0.25) is 0 Å². The van der Waals surface area contributed by atoms with E-state index in [-0.39, 0.29) is 17.7 Å². The fraction of sp³-hybridized carbons (Fsp3) is 0.312. The van der Waals surface area contributed by atoms with Crippen LogP contribution in [0.2, 0.25) is 0 Å². The van der Waals surface area contributed by atoms with Crippen LogP contribution in [-0.2, 0) is 0 Å². The minimum absolute atomic E-state index is 0.179. The average Bonchev–Trinajstić information content (AvgIpc) is 2.77. The lowest BCUT2D eigenvalue weighted by Gasteiger charge is -2.15. The molecule has 5 heteroatoms. The van der Waals surface area contributed by atoms with Crippen molar-refractivity contribution in [3.05, 3.63) is 52.7 Å². The average molecular weight is 291 g/mol. The summed E-state index contributed by atoms with van der Waals surface area (Å²) in [7, 11) is 1.41. The molecule has 2 aromatic rings. The molecule has 2 rings (SSSR count). The van der Waals surface area contributed by atoms with Crippen molar-refractivity contribution in [3.8, 4) is 5.75 Å². The number of benzene rings is 1. The Kier molecular flexibility index (Phi) is 4.31. The van der Waals surface area contributed by atoms with E-state index >= 15 is 0 Å². The second kappa shape index (κ2) is 5.99. The van der Waals surface area contributed by atoms with Crippen molar-refractivity contribution in [2.45, 2.75) is 26.8 Å². The molecule has 0 aliphatic rings. The highest BCUT2D eigenvalue weighted by molar-refractivity contribution is 5.95. The number of halogens is 1. The monoisotopic (exact) mass is 291 g/mol. The molecule has 1 aromatic heterocycles. The lowest BCUT2D eigenvalue weighted by molar-refractivity contribution is 0.0938. The summed E-state index contributed by atoms with van der Waals surface area (Å²) in [5, 5.41) is 2.82. The van der Waals surface area contributed by atoms with Crippen LogP contribution in [0.25, 0.3) is 0 Å². The van der Waals surface area contributed by atoms with Crippen LogP contribution in [0.5, 0.6) is 5.75 Å². The first kappa shape index (κ1) is 15.1. The molecule has 0 fully saturated rings. The number of ether oxygens (including phenoxy) is 1. The van der Waals surface area contributed by atoms with Gasteiger partial charge in [-0.2, -0.15) is 0 Å². The summed E-state index contributed by atoms with van der Waals surface area (Å²) < 4.78 is 23.9. The summed E-state index contributed by atoms with van der Waals surface area (Å²) in [5.74, 6) is 0.733. The first-order chi connectivity index (χ1) is 9.92. The maximum atomic E-state index is 13.7. The van der Waals surface area contributed by atoms with E-state index in [2.05, 4.69) is 5.32 Å². The van der Waals surface area contributed by atoms with Crippen LogP contribution >= 0.6 is 0 Å². The van der Waals surface area contributed by atoms with Gasteiger partial charge < -0.3 is 14.5 Å². The number of hydrogen-bond acceptors (Lipinski definition) is 3. The first-order valence-electron chi connectivity index (χ1n) is 6.63. The molecule has 1 atom stereocenters. The molecule has 1 amide bonds. The number of aryl methyl sites for hydroxylation is 2. The van der Waals surface area contributed by atoms with E-state index in [0.717, 1.165) is 0 Å². The van der Waals surface area contributed by atoms with Crippen molar-refractivity contribution in [3.63, 3.8) is 0 Å². The lowest BCUT2D eigenvalue weighted by Crippen LogP contribution is -2.26. The van der Waals surface area contributed by atoms with Gasteiger partial charge in [-0.25, -0.2) is 4.39 Å². The van der Waals surface area contributed by atoms with Crippen molar-refractivity contribution in [2.75, 3.05) is 7.11 Å². The second-order valence-electron chi connectivity index (χ2n) is 4.92. The maximum absolute atomic E-state index is 13.7. The fourth-order valence-electron chi connectivity index (χ4n) is 2.17. The van der Waals surface area contributed by atoms with Gasteiger partial charge in [-0.3, -0.25) is 4.79 Å². The van der Waals surface area contributed by atoms with E-state index in [9.17, 15) is 9.18 Å².